The molecule has 2 aliphatic rings. The van der Waals surface area contributed by atoms with Crippen LogP contribution in [0.2, 0.25) is 5.02 Å². The number of H-pyrrole nitrogens is 1. The Bertz CT molecular complexity index is 1010. The van der Waals surface area contributed by atoms with Gasteiger partial charge in [0.1, 0.15) is 5.82 Å². The number of hydrogen-bond donors (Lipinski definition) is 2. The number of primary amides is 1. The molecule has 1 aromatic heterocycles. The summed E-state index contributed by atoms with van der Waals surface area (Å²) in [6.45, 7) is 6.91. The van der Waals surface area contributed by atoms with Gasteiger partial charge in [-0.15, -0.1) is 5.92 Å². The van der Waals surface area contributed by atoms with E-state index in [0.717, 1.165) is 39.0 Å². The molecule has 1 amide bonds. The maximum Gasteiger partial charge on any atom is 0.250 e. The molecule has 0 spiro atoms. The van der Waals surface area contributed by atoms with Crippen LogP contribution in [-0.4, -0.2) is 48.0 Å². The van der Waals surface area contributed by atoms with E-state index in [1.54, 1.807) is 0 Å². The first-order chi connectivity index (χ1) is 13.4. The van der Waals surface area contributed by atoms with Crippen LogP contribution >= 0.6 is 11.6 Å². The van der Waals surface area contributed by atoms with Crippen LogP contribution in [0.5, 0.6) is 0 Å². The maximum absolute atomic E-state index is 15.2. The van der Waals surface area contributed by atoms with Crippen LogP contribution in [0.15, 0.2) is 6.07 Å². The molecule has 2 fully saturated rings. The van der Waals surface area contributed by atoms with Crippen molar-refractivity contribution in [3.8, 4) is 11.8 Å². The summed E-state index contributed by atoms with van der Waals surface area (Å²) in [5.74, 6) is 5.47. The van der Waals surface area contributed by atoms with E-state index in [4.69, 9.17) is 17.3 Å². The van der Waals surface area contributed by atoms with Crippen molar-refractivity contribution in [2.45, 2.75) is 32.7 Å². The average molecular weight is 403 g/mol. The zero-order chi connectivity index (χ0) is 20.0. The van der Waals surface area contributed by atoms with E-state index >= 15 is 4.39 Å². The van der Waals surface area contributed by atoms with Gasteiger partial charge in [0.15, 0.2) is 0 Å². The second-order valence-corrected chi connectivity index (χ2v) is 8.08. The number of nitrogens with two attached hydrogens (primary N) is 1. The Labute approximate surface area is 169 Å². The van der Waals surface area contributed by atoms with Crippen molar-refractivity contribution in [1.29, 1.82) is 0 Å². The van der Waals surface area contributed by atoms with Crippen LogP contribution in [0.1, 0.15) is 35.8 Å². The van der Waals surface area contributed by atoms with Crippen molar-refractivity contribution in [2.75, 3.05) is 31.1 Å². The van der Waals surface area contributed by atoms with Crippen LogP contribution in [0.3, 0.4) is 0 Å². The van der Waals surface area contributed by atoms with Crippen molar-refractivity contribution >= 4 is 34.1 Å². The van der Waals surface area contributed by atoms with Crippen molar-refractivity contribution in [1.82, 2.24) is 9.88 Å². The van der Waals surface area contributed by atoms with Crippen LogP contribution in [0, 0.1) is 30.5 Å². The highest BCUT2D eigenvalue weighted by Crippen LogP contribution is 2.42. The number of aryl methyl sites for hydroxylation is 1. The standard InChI is InChI=1S/C21H24ClFN4O/c1-3-4-7-26-8-5-6-13-10-27(11-16(13)26)20-15(23)9-14(21(24)28)19-17(20)18(22)12(2)25-19/h9,13,16,25H,5-8,10-11H2,1-2H3,(H2,24,28). The Morgan fingerprint density at radius 1 is 1.46 bits per heavy atom. The van der Waals surface area contributed by atoms with Gasteiger partial charge >= 0.3 is 0 Å². The molecule has 0 radical (unpaired) electrons. The monoisotopic (exact) mass is 402 g/mol. The fraction of sp³-hybridized carbons (Fsp3) is 0.476. The highest BCUT2D eigenvalue weighted by Gasteiger charge is 2.40. The van der Waals surface area contributed by atoms with Crippen LogP contribution in [0.25, 0.3) is 10.9 Å². The summed E-state index contributed by atoms with van der Waals surface area (Å²) in [6, 6.07) is 1.58. The third-order valence-corrected chi connectivity index (χ3v) is 6.52. The van der Waals surface area contributed by atoms with Gasteiger partial charge in [0.25, 0.3) is 5.91 Å². The third kappa shape index (κ3) is 3.03. The lowest BCUT2D eigenvalue weighted by atomic mass is 9.92. The quantitative estimate of drug-likeness (QED) is 0.774. The third-order valence-electron chi connectivity index (χ3n) is 6.05. The lowest BCUT2D eigenvalue weighted by molar-refractivity contribution is 0.100. The Morgan fingerprint density at radius 3 is 2.96 bits per heavy atom. The van der Waals surface area contributed by atoms with E-state index in [-0.39, 0.29) is 5.56 Å². The SMILES string of the molecule is CC#CCN1CCCC2CN(c3c(F)cc(C(N)=O)c4[nH]c(C)c(Cl)c34)CC21. The summed E-state index contributed by atoms with van der Waals surface area (Å²) in [4.78, 5) is 19.4. The minimum absolute atomic E-state index is 0.128. The lowest BCUT2D eigenvalue weighted by Crippen LogP contribution is -2.45. The molecule has 3 heterocycles. The fourth-order valence-electron chi connectivity index (χ4n) is 4.75. The van der Waals surface area contributed by atoms with E-state index in [0.29, 0.717) is 39.3 Å². The van der Waals surface area contributed by atoms with Crippen LogP contribution in [-0.2, 0) is 0 Å². The number of aromatic nitrogens is 1. The smallest absolute Gasteiger partial charge is 0.250 e. The lowest BCUT2D eigenvalue weighted by Gasteiger charge is -2.35. The minimum Gasteiger partial charge on any atom is -0.367 e. The summed E-state index contributed by atoms with van der Waals surface area (Å²) in [5.41, 5.74) is 7.27. The Kier molecular flexibility index (Phi) is 4.98. The van der Waals surface area contributed by atoms with E-state index in [1.165, 1.54) is 6.07 Å². The predicted octanol–water partition coefficient (Wildman–Crippen LogP) is 3.29. The first-order valence-corrected chi connectivity index (χ1v) is 9.98. The first-order valence-electron chi connectivity index (χ1n) is 9.61. The molecule has 3 N–H and O–H groups in total. The number of halogens is 2. The molecule has 148 valence electrons. The molecule has 0 saturated carbocycles. The van der Waals surface area contributed by atoms with Gasteiger partial charge in [-0.05, 0) is 45.2 Å². The van der Waals surface area contributed by atoms with Gasteiger partial charge in [-0.2, -0.15) is 0 Å². The van der Waals surface area contributed by atoms with Gasteiger partial charge < -0.3 is 15.6 Å². The highest BCUT2D eigenvalue weighted by molar-refractivity contribution is 6.38. The van der Waals surface area contributed by atoms with Gasteiger partial charge in [0.05, 0.1) is 28.3 Å². The summed E-state index contributed by atoms with van der Waals surface area (Å²) < 4.78 is 15.2. The summed E-state index contributed by atoms with van der Waals surface area (Å²) in [7, 11) is 0. The number of rotatable bonds is 3. The number of carbonyl (C=O) groups excluding carboxylic acids is 1. The Morgan fingerprint density at radius 2 is 2.25 bits per heavy atom. The normalized spacial score (nSPS) is 22.2. The highest BCUT2D eigenvalue weighted by atomic mass is 35.5. The molecule has 2 unspecified atom stereocenters. The van der Waals surface area contributed by atoms with E-state index in [1.807, 2.05) is 13.8 Å². The van der Waals surface area contributed by atoms with Crippen LogP contribution < -0.4 is 10.6 Å². The number of aromatic amines is 1. The molecule has 2 atom stereocenters. The molecule has 2 saturated heterocycles. The summed E-state index contributed by atoms with van der Waals surface area (Å²) in [5, 5.41) is 0.988. The van der Waals surface area contributed by atoms with Gasteiger partial charge in [0, 0.05) is 30.2 Å². The van der Waals surface area contributed by atoms with Gasteiger partial charge in [0.2, 0.25) is 0 Å². The van der Waals surface area contributed by atoms with Gasteiger partial charge in [-0.1, -0.05) is 17.5 Å². The van der Waals surface area contributed by atoms with Crippen LogP contribution in [0.4, 0.5) is 10.1 Å². The topological polar surface area (TPSA) is 65.4 Å². The molecule has 1 aromatic carbocycles. The van der Waals surface area contributed by atoms with E-state index in [9.17, 15) is 4.79 Å². The number of nitrogens with one attached hydrogen (secondary N) is 1. The second kappa shape index (κ2) is 7.31. The molecular formula is C21H24ClFN4O. The zero-order valence-electron chi connectivity index (χ0n) is 16.1. The minimum atomic E-state index is -0.673. The molecule has 28 heavy (non-hydrogen) atoms. The van der Waals surface area contributed by atoms with Crippen molar-refractivity contribution in [3.05, 3.63) is 28.2 Å². The molecular weight excluding hydrogens is 379 g/mol. The van der Waals surface area contributed by atoms with Crippen molar-refractivity contribution < 1.29 is 9.18 Å². The van der Waals surface area contributed by atoms with Crippen molar-refractivity contribution in [2.24, 2.45) is 11.7 Å². The van der Waals surface area contributed by atoms with Gasteiger partial charge in [-0.3, -0.25) is 9.69 Å². The summed E-state index contributed by atoms with van der Waals surface area (Å²) in [6.07, 6.45) is 2.25. The number of nitrogens with zero attached hydrogens (tertiary/aromatic N) is 2. The molecule has 7 heteroatoms. The number of piperidine rings is 1. The average Bonchev–Trinajstić information content (AvgIpc) is 3.21. The second-order valence-electron chi connectivity index (χ2n) is 7.70. The fourth-order valence-corrected chi connectivity index (χ4v) is 4.98. The molecule has 4 rings (SSSR count). The number of likely N-dealkylation sites (tertiary alicyclic amines) is 1. The zero-order valence-corrected chi connectivity index (χ0v) is 16.9. The number of amides is 1. The molecule has 5 nitrogen and oxygen atoms in total. The molecule has 2 aliphatic heterocycles. The Balaban J connectivity index is 1.78. The number of anilines is 1. The number of hydrogen-bond acceptors (Lipinski definition) is 3. The molecule has 2 aromatic rings. The Hall–Kier alpha value is -2.23. The molecule has 0 bridgehead atoms. The summed E-state index contributed by atoms with van der Waals surface area (Å²) >= 11 is 6.52. The van der Waals surface area contributed by atoms with E-state index in [2.05, 4.69) is 26.6 Å². The molecule has 0 aliphatic carbocycles. The maximum atomic E-state index is 15.2. The predicted molar refractivity (Wildman–Crippen MR) is 110 cm³/mol. The number of benzene rings is 1. The number of fused-ring (bicyclic) bond motifs is 2. The first kappa shape index (κ1) is 19.1. The number of carbonyl (C=O) groups is 1. The van der Waals surface area contributed by atoms with Crippen molar-refractivity contribution in [3.63, 3.8) is 0 Å². The largest absolute Gasteiger partial charge is 0.367 e. The van der Waals surface area contributed by atoms with Gasteiger partial charge in [-0.25, -0.2) is 4.39 Å². The van der Waals surface area contributed by atoms with E-state index < -0.39 is 11.7 Å².